The number of carbonyl (C=O) groups is 1. The molecule has 0 saturated heterocycles. The zero-order valence-corrected chi connectivity index (χ0v) is 16.0. The number of urea groups is 1. The fourth-order valence-corrected chi connectivity index (χ4v) is 4.05. The highest BCUT2D eigenvalue weighted by Gasteiger charge is 2.39. The van der Waals surface area contributed by atoms with Gasteiger partial charge in [0.2, 0.25) is 0 Å². The van der Waals surface area contributed by atoms with Crippen molar-refractivity contribution in [3.8, 4) is 0 Å². The molecule has 2 N–H and O–H groups in total. The third kappa shape index (κ3) is 3.82. The van der Waals surface area contributed by atoms with Crippen molar-refractivity contribution in [2.45, 2.75) is 65.1 Å². The Bertz CT molecular complexity index is 841. The molecule has 1 fully saturated rings. The Labute approximate surface area is 158 Å². The molecule has 0 spiro atoms. The number of nitrogens with one attached hydrogen (secondary N) is 2. The predicted molar refractivity (Wildman–Crippen MR) is 99.3 cm³/mol. The van der Waals surface area contributed by atoms with Crippen molar-refractivity contribution in [1.29, 1.82) is 0 Å². The van der Waals surface area contributed by atoms with Gasteiger partial charge in [0.1, 0.15) is 11.6 Å². The fourth-order valence-electron chi connectivity index (χ4n) is 4.05. The Hall–Kier alpha value is -2.44. The fraction of sp³-hybridized carbons (Fsp3) is 0.500. The third-order valence-corrected chi connectivity index (χ3v) is 5.51. The van der Waals surface area contributed by atoms with Gasteiger partial charge in [0.05, 0.1) is 11.2 Å². The van der Waals surface area contributed by atoms with Gasteiger partial charge in [-0.25, -0.2) is 13.6 Å². The van der Waals surface area contributed by atoms with Gasteiger partial charge in [-0.1, -0.05) is 18.9 Å². The molecular formula is C20H26F2N4O. The van der Waals surface area contributed by atoms with Crippen LogP contribution in [0.5, 0.6) is 0 Å². The van der Waals surface area contributed by atoms with Gasteiger partial charge in [0.15, 0.2) is 0 Å². The molecule has 0 radical (unpaired) electrons. The summed E-state index contributed by atoms with van der Waals surface area (Å²) < 4.78 is 29.6. The molecule has 1 aromatic carbocycles. The SMILES string of the molecule is CCn1nc(C)c(CNC(=O)NC2(c3ccc(F)cc3F)CCCC2)c1C. The van der Waals surface area contributed by atoms with Crippen LogP contribution in [-0.2, 0) is 18.6 Å². The maximum absolute atomic E-state index is 14.4. The molecule has 7 heteroatoms. The summed E-state index contributed by atoms with van der Waals surface area (Å²) in [5, 5.41) is 10.3. The van der Waals surface area contributed by atoms with Gasteiger partial charge in [-0.15, -0.1) is 0 Å². The molecule has 2 aromatic rings. The van der Waals surface area contributed by atoms with E-state index >= 15 is 0 Å². The van der Waals surface area contributed by atoms with Gasteiger partial charge < -0.3 is 10.6 Å². The van der Waals surface area contributed by atoms with Crippen molar-refractivity contribution in [2.24, 2.45) is 0 Å². The first kappa shape index (κ1) is 19.3. The van der Waals surface area contributed by atoms with Crippen molar-refractivity contribution < 1.29 is 13.6 Å². The monoisotopic (exact) mass is 376 g/mol. The van der Waals surface area contributed by atoms with Gasteiger partial charge in [-0.2, -0.15) is 5.10 Å². The Balaban J connectivity index is 1.74. The number of amides is 2. The van der Waals surface area contributed by atoms with Gasteiger partial charge in [-0.05, 0) is 39.7 Å². The van der Waals surface area contributed by atoms with E-state index in [4.69, 9.17) is 0 Å². The number of aryl methyl sites for hydroxylation is 2. The van der Waals surface area contributed by atoms with E-state index in [9.17, 15) is 13.6 Å². The lowest BCUT2D eigenvalue weighted by molar-refractivity contribution is 0.223. The number of aromatic nitrogens is 2. The number of carbonyl (C=O) groups excluding carboxylic acids is 1. The number of benzene rings is 1. The normalized spacial score (nSPS) is 15.7. The minimum absolute atomic E-state index is 0.350. The zero-order valence-electron chi connectivity index (χ0n) is 16.0. The molecule has 27 heavy (non-hydrogen) atoms. The van der Waals surface area contributed by atoms with Crippen molar-refractivity contribution in [1.82, 2.24) is 20.4 Å². The topological polar surface area (TPSA) is 59.0 Å². The van der Waals surface area contributed by atoms with Gasteiger partial charge >= 0.3 is 6.03 Å². The summed E-state index contributed by atoms with van der Waals surface area (Å²) in [6.45, 7) is 7.03. The molecule has 1 aromatic heterocycles. The number of halogens is 2. The first-order valence-electron chi connectivity index (χ1n) is 9.40. The van der Waals surface area contributed by atoms with Gasteiger partial charge in [0, 0.05) is 36.0 Å². The van der Waals surface area contributed by atoms with E-state index in [0.717, 1.165) is 42.4 Å². The van der Waals surface area contributed by atoms with Crippen LogP contribution < -0.4 is 10.6 Å². The predicted octanol–water partition coefficient (Wildman–Crippen LogP) is 4.07. The highest BCUT2D eigenvalue weighted by atomic mass is 19.1. The molecule has 1 aliphatic rings. The average molecular weight is 376 g/mol. The second-order valence-electron chi connectivity index (χ2n) is 7.19. The summed E-state index contributed by atoms with van der Waals surface area (Å²) in [6, 6.07) is 3.20. The molecule has 1 saturated carbocycles. The summed E-state index contributed by atoms with van der Waals surface area (Å²) >= 11 is 0. The summed E-state index contributed by atoms with van der Waals surface area (Å²) in [5.74, 6) is -1.24. The van der Waals surface area contributed by atoms with Crippen LogP contribution in [0, 0.1) is 25.5 Å². The van der Waals surface area contributed by atoms with Crippen LogP contribution in [0.4, 0.5) is 13.6 Å². The van der Waals surface area contributed by atoms with Gasteiger partial charge in [0.25, 0.3) is 0 Å². The van der Waals surface area contributed by atoms with E-state index < -0.39 is 17.2 Å². The van der Waals surface area contributed by atoms with E-state index in [1.54, 1.807) is 0 Å². The summed E-state index contributed by atoms with van der Waals surface area (Å²) in [7, 11) is 0. The van der Waals surface area contributed by atoms with Crippen LogP contribution in [0.1, 0.15) is 55.1 Å². The Morgan fingerprint density at radius 2 is 1.96 bits per heavy atom. The molecule has 3 rings (SSSR count). The second-order valence-corrected chi connectivity index (χ2v) is 7.19. The van der Waals surface area contributed by atoms with Crippen LogP contribution in [-0.4, -0.2) is 15.8 Å². The molecule has 0 atom stereocenters. The standard InChI is InChI=1S/C20H26F2N4O/c1-4-26-14(3)16(13(2)25-26)12-23-19(27)24-20(9-5-6-10-20)17-8-7-15(21)11-18(17)22/h7-8,11H,4-6,9-10,12H2,1-3H3,(H2,23,24,27). The molecule has 0 unspecified atom stereocenters. The summed E-state index contributed by atoms with van der Waals surface area (Å²) in [6.07, 6.45) is 3.04. The molecule has 1 aliphatic carbocycles. The largest absolute Gasteiger partial charge is 0.334 e. The lowest BCUT2D eigenvalue weighted by atomic mass is 9.87. The van der Waals surface area contributed by atoms with E-state index in [2.05, 4.69) is 15.7 Å². The number of rotatable bonds is 5. The van der Waals surface area contributed by atoms with E-state index in [1.165, 1.54) is 12.1 Å². The van der Waals surface area contributed by atoms with Crippen molar-refractivity contribution in [3.05, 3.63) is 52.3 Å². The number of hydrogen-bond acceptors (Lipinski definition) is 2. The Kier molecular flexibility index (Phi) is 5.48. The van der Waals surface area contributed by atoms with Crippen molar-refractivity contribution in [2.75, 3.05) is 0 Å². The van der Waals surface area contributed by atoms with Crippen LogP contribution in [0.2, 0.25) is 0 Å². The molecular weight excluding hydrogens is 350 g/mol. The van der Waals surface area contributed by atoms with E-state index in [0.29, 0.717) is 24.9 Å². The Morgan fingerprint density at radius 1 is 1.26 bits per heavy atom. The number of hydrogen-bond donors (Lipinski definition) is 2. The van der Waals surface area contributed by atoms with E-state index in [1.807, 2.05) is 25.5 Å². The average Bonchev–Trinajstić information content (AvgIpc) is 3.18. The molecule has 1 heterocycles. The van der Waals surface area contributed by atoms with Crippen LogP contribution in [0.15, 0.2) is 18.2 Å². The van der Waals surface area contributed by atoms with Crippen molar-refractivity contribution in [3.63, 3.8) is 0 Å². The molecule has 0 aliphatic heterocycles. The quantitative estimate of drug-likeness (QED) is 0.827. The smallest absolute Gasteiger partial charge is 0.315 e. The minimum Gasteiger partial charge on any atom is -0.334 e. The Morgan fingerprint density at radius 3 is 2.56 bits per heavy atom. The maximum atomic E-state index is 14.4. The maximum Gasteiger partial charge on any atom is 0.315 e. The first-order valence-corrected chi connectivity index (χ1v) is 9.40. The molecule has 5 nitrogen and oxygen atoms in total. The highest BCUT2D eigenvalue weighted by Crippen LogP contribution is 2.40. The van der Waals surface area contributed by atoms with Crippen LogP contribution in [0.3, 0.4) is 0 Å². The molecule has 2 amide bonds. The minimum atomic E-state index is -0.792. The summed E-state index contributed by atoms with van der Waals surface area (Å²) in [4.78, 5) is 12.6. The van der Waals surface area contributed by atoms with Crippen LogP contribution >= 0.6 is 0 Å². The number of nitrogens with zero attached hydrogens (tertiary/aromatic N) is 2. The summed E-state index contributed by atoms with van der Waals surface area (Å²) in [5.41, 5.74) is 2.45. The zero-order chi connectivity index (χ0) is 19.6. The highest BCUT2D eigenvalue weighted by molar-refractivity contribution is 5.75. The van der Waals surface area contributed by atoms with Gasteiger partial charge in [-0.3, -0.25) is 4.68 Å². The van der Waals surface area contributed by atoms with Crippen LogP contribution in [0.25, 0.3) is 0 Å². The molecule has 0 bridgehead atoms. The second kappa shape index (κ2) is 7.66. The van der Waals surface area contributed by atoms with Crippen molar-refractivity contribution >= 4 is 6.03 Å². The lowest BCUT2D eigenvalue weighted by Crippen LogP contribution is -2.48. The lowest BCUT2D eigenvalue weighted by Gasteiger charge is -2.31. The molecule has 146 valence electrons. The van der Waals surface area contributed by atoms with E-state index in [-0.39, 0.29) is 6.03 Å². The first-order chi connectivity index (χ1) is 12.9. The third-order valence-electron chi connectivity index (χ3n) is 5.51.